The fourth-order valence-electron chi connectivity index (χ4n) is 5.57. The average molecular weight is 519 g/mol. The summed E-state index contributed by atoms with van der Waals surface area (Å²) < 4.78 is 25.5. The minimum Gasteiger partial charge on any atom is -0.493 e. The molecule has 0 bridgehead atoms. The lowest BCUT2D eigenvalue weighted by atomic mass is 9.78. The Morgan fingerprint density at radius 3 is 2.11 bits per heavy atom. The monoisotopic (exact) mass is 518 g/mol. The lowest BCUT2D eigenvalue weighted by Crippen LogP contribution is -2.56. The first-order chi connectivity index (χ1) is 18.3. The van der Waals surface area contributed by atoms with Gasteiger partial charge in [0.25, 0.3) is 0 Å². The first kappa shape index (κ1) is 25.7. The highest BCUT2D eigenvalue weighted by atomic mass is 19.1. The number of likely N-dealkylation sites (tertiary alicyclic amines) is 1. The lowest BCUT2D eigenvalue weighted by molar-refractivity contribution is -0.119. The molecule has 3 aromatic rings. The molecule has 5 rings (SSSR count). The maximum absolute atomic E-state index is 13.6. The summed E-state index contributed by atoms with van der Waals surface area (Å²) in [7, 11) is 0. The van der Waals surface area contributed by atoms with E-state index in [0.29, 0.717) is 44.2 Å². The summed E-state index contributed by atoms with van der Waals surface area (Å²) >= 11 is 0. The van der Waals surface area contributed by atoms with E-state index in [1.807, 2.05) is 26.0 Å². The number of hydrogen-bond acceptors (Lipinski definition) is 5. The van der Waals surface area contributed by atoms with Crippen LogP contribution in [0, 0.1) is 11.2 Å². The third-order valence-corrected chi connectivity index (χ3v) is 7.13. The molecule has 0 aromatic heterocycles. The van der Waals surface area contributed by atoms with E-state index in [9.17, 15) is 14.0 Å². The number of carbonyl (C=O) groups is 2. The molecule has 1 N–H and O–H groups in total. The molecule has 0 unspecified atom stereocenters. The zero-order valence-electron chi connectivity index (χ0n) is 21.6. The molecular weight excluding hydrogens is 487 g/mol. The zero-order valence-corrected chi connectivity index (χ0v) is 21.6. The van der Waals surface area contributed by atoms with Crippen molar-refractivity contribution in [3.8, 4) is 22.6 Å². The standard InChI is InChI=1S/C30H31FN2O5/c1-3-37-25-13-20(14-26(38-4-2)28(25)21-5-9-23(31)10-6-21)16-32-17-30(18-32)15-27(34)33(19-30)24-11-7-22(8-12-24)29(35)36/h5-14H,3-4,15-19H2,1-2H3,(H,35,36). The molecular formula is C30H31FN2O5. The molecule has 38 heavy (non-hydrogen) atoms. The number of benzene rings is 3. The highest BCUT2D eigenvalue weighted by Gasteiger charge is 2.51. The predicted octanol–water partition coefficient (Wildman–Crippen LogP) is 5.23. The van der Waals surface area contributed by atoms with Gasteiger partial charge in [-0.25, -0.2) is 9.18 Å². The highest BCUT2D eigenvalue weighted by Crippen LogP contribution is 2.44. The van der Waals surface area contributed by atoms with Gasteiger partial charge in [0.15, 0.2) is 0 Å². The van der Waals surface area contributed by atoms with Crippen LogP contribution in [0.15, 0.2) is 60.7 Å². The van der Waals surface area contributed by atoms with Crippen molar-refractivity contribution < 1.29 is 28.6 Å². The van der Waals surface area contributed by atoms with Crippen LogP contribution >= 0.6 is 0 Å². The van der Waals surface area contributed by atoms with E-state index in [-0.39, 0.29) is 22.7 Å². The van der Waals surface area contributed by atoms with Crippen molar-refractivity contribution in [2.45, 2.75) is 26.8 Å². The maximum atomic E-state index is 13.6. The number of aromatic carboxylic acids is 1. The van der Waals surface area contributed by atoms with E-state index in [2.05, 4.69) is 4.90 Å². The fourth-order valence-corrected chi connectivity index (χ4v) is 5.57. The van der Waals surface area contributed by atoms with E-state index in [1.165, 1.54) is 24.3 Å². The number of ether oxygens (including phenoxy) is 2. The van der Waals surface area contributed by atoms with E-state index >= 15 is 0 Å². The molecule has 0 atom stereocenters. The Morgan fingerprint density at radius 2 is 1.55 bits per heavy atom. The summed E-state index contributed by atoms with van der Waals surface area (Å²) in [6.45, 7) is 7.71. The molecule has 2 saturated heterocycles. The van der Waals surface area contributed by atoms with Gasteiger partial charge in [0.05, 0.1) is 24.3 Å². The van der Waals surface area contributed by atoms with Crippen LogP contribution in [0.5, 0.6) is 11.5 Å². The second kappa shape index (κ2) is 10.5. The van der Waals surface area contributed by atoms with Crippen LogP contribution in [-0.4, -0.2) is 54.7 Å². The van der Waals surface area contributed by atoms with Crippen molar-refractivity contribution >= 4 is 17.6 Å². The van der Waals surface area contributed by atoms with Crippen LogP contribution in [-0.2, 0) is 11.3 Å². The number of halogens is 1. The van der Waals surface area contributed by atoms with Crippen molar-refractivity contribution in [3.63, 3.8) is 0 Å². The summed E-state index contributed by atoms with van der Waals surface area (Å²) in [6, 6.07) is 16.8. The normalized spacial score (nSPS) is 16.5. The Balaban J connectivity index is 1.31. The molecule has 2 fully saturated rings. The fraction of sp³-hybridized carbons (Fsp3) is 0.333. The molecule has 198 valence electrons. The number of hydrogen-bond donors (Lipinski definition) is 1. The third kappa shape index (κ3) is 5.09. The van der Waals surface area contributed by atoms with E-state index in [4.69, 9.17) is 14.6 Å². The predicted molar refractivity (Wildman–Crippen MR) is 142 cm³/mol. The van der Waals surface area contributed by atoms with Gasteiger partial charge in [-0.2, -0.15) is 0 Å². The van der Waals surface area contributed by atoms with Gasteiger partial charge in [-0.15, -0.1) is 0 Å². The first-order valence-electron chi connectivity index (χ1n) is 12.9. The molecule has 2 aliphatic heterocycles. The number of nitrogens with zero attached hydrogens (tertiary/aromatic N) is 2. The molecule has 7 nitrogen and oxygen atoms in total. The van der Waals surface area contributed by atoms with Crippen molar-refractivity contribution in [3.05, 3.63) is 77.6 Å². The SMILES string of the molecule is CCOc1cc(CN2CC3(CC(=O)N(c4ccc(C(=O)O)cc4)C3)C2)cc(OCC)c1-c1ccc(F)cc1. The Hall–Kier alpha value is -3.91. The molecule has 3 aromatic carbocycles. The quantitative estimate of drug-likeness (QED) is 0.418. The second-order valence-electron chi connectivity index (χ2n) is 9.99. The number of carbonyl (C=O) groups excluding carboxylic acids is 1. The first-order valence-corrected chi connectivity index (χ1v) is 12.9. The maximum Gasteiger partial charge on any atom is 0.335 e. The molecule has 0 radical (unpaired) electrons. The molecule has 2 aliphatic rings. The Labute approximate surface area is 221 Å². The van der Waals surface area contributed by atoms with Gasteiger partial charge in [-0.3, -0.25) is 9.69 Å². The summed E-state index contributed by atoms with van der Waals surface area (Å²) in [5.41, 5.74) is 3.50. The van der Waals surface area contributed by atoms with Crippen LogP contribution in [0.4, 0.5) is 10.1 Å². The molecule has 1 amide bonds. The van der Waals surface area contributed by atoms with Gasteiger partial charge in [0, 0.05) is 43.7 Å². The van der Waals surface area contributed by atoms with Crippen molar-refractivity contribution in [2.75, 3.05) is 37.7 Å². The van der Waals surface area contributed by atoms with Gasteiger partial charge in [-0.05, 0) is 73.5 Å². The summed E-state index contributed by atoms with van der Waals surface area (Å²) in [5, 5.41) is 9.14. The second-order valence-corrected chi connectivity index (χ2v) is 9.99. The number of carboxylic acids is 1. The molecule has 0 aliphatic carbocycles. The van der Waals surface area contributed by atoms with Crippen molar-refractivity contribution in [1.29, 1.82) is 0 Å². The molecule has 0 saturated carbocycles. The molecule has 8 heteroatoms. The smallest absolute Gasteiger partial charge is 0.335 e. The molecule has 2 heterocycles. The van der Waals surface area contributed by atoms with Crippen LogP contribution in [0.2, 0.25) is 0 Å². The zero-order chi connectivity index (χ0) is 26.9. The van der Waals surface area contributed by atoms with Gasteiger partial charge in [0.1, 0.15) is 17.3 Å². The number of rotatable bonds is 9. The Morgan fingerprint density at radius 1 is 0.947 bits per heavy atom. The third-order valence-electron chi connectivity index (χ3n) is 7.13. The van der Waals surface area contributed by atoms with Gasteiger partial charge >= 0.3 is 5.97 Å². The number of amides is 1. The average Bonchev–Trinajstić information content (AvgIpc) is 3.22. The van der Waals surface area contributed by atoms with Crippen LogP contribution in [0.3, 0.4) is 0 Å². The summed E-state index contributed by atoms with van der Waals surface area (Å²) in [4.78, 5) is 28.0. The highest BCUT2D eigenvalue weighted by molar-refractivity contribution is 5.97. The van der Waals surface area contributed by atoms with Gasteiger partial charge in [-0.1, -0.05) is 12.1 Å². The van der Waals surface area contributed by atoms with E-state index in [0.717, 1.165) is 35.5 Å². The van der Waals surface area contributed by atoms with Crippen molar-refractivity contribution in [2.24, 2.45) is 5.41 Å². The van der Waals surface area contributed by atoms with E-state index in [1.54, 1.807) is 29.2 Å². The number of anilines is 1. The minimum absolute atomic E-state index is 0.0636. The van der Waals surface area contributed by atoms with Gasteiger partial charge < -0.3 is 19.5 Å². The number of carboxylic acid groups (broad SMARTS) is 1. The van der Waals surface area contributed by atoms with Crippen LogP contribution < -0.4 is 14.4 Å². The minimum atomic E-state index is -0.985. The molecule has 1 spiro atoms. The Bertz CT molecular complexity index is 1310. The van der Waals surface area contributed by atoms with Crippen LogP contribution in [0.1, 0.15) is 36.2 Å². The Kier molecular flexibility index (Phi) is 7.08. The van der Waals surface area contributed by atoms with E-state index < -0.39 is 5.97 Å². The van der Waals surface area contributed by atoms with Crippen LogP contribution in [0.25, 0.3) is 11.1 Å². The topological polar surface area (TPSA) is 79.3 Å². The largest absolute Gasteiger partial charge is 0.493 e. The summed E-state index contributed by atoms with van der Waals surface area (Å²) in [6.07, 6.45) is 0.474. The lowest BCUT2D eigenvalue weighted by Gasteiger charge is -2.47. The van der Waals surface area contributed by atoms with Gasteiger partial charge in [0.2, 0.25) is 5.91 Å². The van der Waals surface area contributed by atoms with Crippen molar-refractivity contribution in [1.82, 2.24) is 4.90 Å². The summed E-state index contributed by atoms with van der Waals surface area (Å²) in [5.74, 6) is 0.175.